The zero-order valence-electron chi connectivity index (χ0n) is 11.4. The molecule has 1 aromatic heterocycles. The van der Waals surface area contributed by atoms with E-state index in [-0.39, 0.29) is 11.9 Å². The minimum absolute atomic E-state index is 0.242. The standard InChI is InChI=1S/C14H21FN2O2/c1-10-13(6-8-19-10)17(2)7-5-14(18)12-4-3-11(15)9-16-12/h3-4,9-10,13-14,18H,5-8H2,1-2H3. The zero-order valence-corrected chi connectivity index (χ0v) is 11.4. The van der Waals surface area contributed by atoms with Gasteiger partial charge >= 0.3 is 0 Å². The second kappa shape index (κ2) is 6.41. The number of rotatable bonds is 5. The Morgan fingerprint density at radius 2 is 2.37 bits per heavy atom. The third-order valence-electron chi connectivity index (χ3n) is 3.75. The fourth-order valence-electron chi connectivity index (χ4n) is 2.52. The van der Waals surface area contributed by atoms with Crippen molar-refractivity contribution in [1.82, 2.24) is 9.88 Å². The van der Waals surface area contributed by atoms with E-state index in [0.29, 0.717) is 18.2 Å². The van der Waals surface area contributed by atoms with Crippen molar-refractivity contribution in [2.75, 3.05) is 20.2 Å². The molecule has 1 aliphatic heterocycles. The van der Waals surface area contributed by atoms with E-state index in [1.807, 2.05) is 7.05 Å². The number of nitrogens with zero attached hydrogens (tertiary/aromatic N) is 2. The Balaban J connectivity index is 1.82. The molecule has 2 rings (SSSR count). The van der Waals surface area contributed by atoms with Gasteiger partial charge in [0.25, 0.3) is 0 Å². The molecule has 3 unspecified atom stereocenters. The van der Waals surface area contributed by atoms with E-state index in [1.165, 1.54) is 12.1 Å². The quantitative estimate of drug-likeness (QED) is 0.884. The van der Waals surface area contributed by atoms with Gasteiger partial charge in [0.05, 0.1) is 24.1 Å². The number of aliphatic hydroxyl groups excluding tert-OH is 1. The van der Waals surface area contributed by atoms with Gasteiger partial charge in [-0.15, -0.1) is 0 Å². The van der Waals surface area contributed by atoms with Crippen molar-refractivity contribution in [2.45, 2.75) is 38.0 Å². The van der Waals surface area contributed by atoms with Gasteiger partial charge in [0, 0.05) is 19.2 Å². The Morgan fingerprint density at radius 1 is 1.58 bits per heavy atom. The predicted octanol–water partition coefficient (Wildman–Crippen LogP) is 1.75. The highest BCUT2D eigenvalue weighted by molar-refractivity contribution is 5.08. The molecule has 0 radical (unpaired) electrons. The van der Waals surface area contributed by atoms with Crippen LogP contribution in [0.5, 0.6) is 0 Å². The molecule has 106 valence electrons. The topological polar surface area (TPSA) is 45.6 Å². The monoisotopic (exact) mass is 268 g/mol. The summed E-state index contributed by atoms with van der Waals surface area (Å²) >= 11 is 0. The zero-order chi connectivity index (χ0) is 13.8. The van der Waals surface area contributed by atoms with Crippen LogP contribution >= 0.6 is 0 Å². The van der Waals surface area contributed by atoms with Crippen LogP contribution in [0.3, 0.4) is 0 Å². The first kappa shape index (κ1) is 14.4. The molecule has 5 heteroatoms. The van der Waals surface area contributed by atoms with Crippen molar-refractivity contribution >= 4 is 0 Å². The summed E-state index contributed by atoms with van der Waals surface area (Å²) in [5.74, 6) is -0.384. The number of ether oxygens (including phenoxy) is 1. The molecule has 1 N–H and O–H groups in total. The molecule has 0 aliphatic carbocycles. The van der Waals surface area contributed by atoms with Gasteiger partial charge in [0.1, 0.15) is 5.82 Å². The molecule has 0 saturated carbocycles. The normalized spacial score (nSPS) is 24.9. The van der Waals surface area contributed by atoms with Crippen molar-refractivity contribution in [3.8, 4) is 0 Å². The molecule has 1 aromatic rings. The fraction of sp³-hybridized carbons (Fsp3) is 0.643. The Kier molecular flexibility index (Phi) is 4.85. The molecule has 0 amide bonds. The SMILES string of the molecule is CC1OCCC1N(C)CCC(O)c1ccc(F)cn1. The summed E-state index contributed by atoms with van der Waals surface area (Å²) < 4.78 is 18.3. The number of aliphatic hydroxyl groups is 1. The smallest absolute Gasteiger partial charge is 0.141 e. The Hall–Kier alpha value is -1.04. The number of aromatic nitrogens is 1. The van der Waals surface area contributed by atoms with E-state index in [0.717, 1.165) is 25.8 Å². The van der Waals surface area contributed by atoms with Gasteiger partial charge in [-0.2, -0.15) is 0 Å². The predicted molar refractivity (Wildman–Crippen MR) is 70.2 cm³/mol. The Bertz CT molecular complexity index is 399. The van der Waals surface area contributed by atoms with Crippen LogP contribution in [-0.4, -0.2) is 47.3 Å². The molecule has 1 fully saturated rings. The van der Waals surface area contributed by atoms with Crippen LogP contribution in [0.1, 0.15) is 31.6 Å². The van der Waals surface area contributed by atoms with Gasteiger partial charge in [-0.05, 0) is 38.9 Å². The van der Waals surface area contributed by atoms with E-state index < -0.39 is 6.10 Å². The van der Waals surface area contributed by atoms with Crippen molar-refractivity contribution in [1.29, 1.82) is 0 Å². The van der Waals surface area contributed by atoms with Crippen molar-refractivity contribution in [2.24, 2.45) is 0 Å². The average molecular weight is 268 g/mol. The minimum atomic E-state index is -0.652. The highest BCUT2D eigenvalue weighted by Crippen LogP contribution is 2.20. The largest absolute Gasteiger partial charge is 0.387 e. The molecule has 3 atom stereocenters. The van der Waals surface area contributed by atoms with Crippen molar-refractivity contribution in [3.05, 3.63) is 29.8 Å². The summed E-state index contributed by atoms with van der Waals surface area (Å²) in [7, 11) is 2.04. The third-order valence-corrected chi connectivity index (χ3v) is 3.75. The lowest BCUT2D eigenvalue weighted by Crippen LogP contribution is -2.37. The van der Waals surface area contributed by atoms with Crippen LogP contribution in [-0.2, 0) is 4.74 Å². The molecule has 4 nitrogen and oxygen atoms in total. The maximum atomic E-state index is 12.7. The van der Waals surface area contributed by atoms with Crippen LogP contribution in [0.4, 0.5) is 4.39 Å². The van der Waals surface area contributed by atoms with E-state index in [9.17, 15) is 9.50 Å². The van der Waals surface area contributed by atoms with E-state index in [2.05, 4.69) is 16.8 Å². The van der Waals surface area contributed by atoms with Crippen LogP contribution in [0.2, 0.25) is 0 Å². The minimum Gasteiger partial charge on any atom is -0.387 e. The first-order chi connectivity index (χ1) is 9.08. The van der Waals surface area contributed by atoms with Crippen molar-refractivity contribution < 1.29 is 14.2 Å². The Labute approximate surface area is 113 Å². The highest BCUT2D eigenvalue weighted by atomic mass is 19.1. The summed E-state index contributed by atoms with van der Waals surface area (Å²) in [5.41, 5.74) is 0.519. The number of halogens is 1. The van der Waals surface area contributed by atoms with Gasteiger partial charge in [-0.25, -0.2) is 4.39 Å². The second-order valence-corrected chi connectivity index (χ2v) is 5.12. The second-order valence-electron chi connectivity index (χ2n) is 5.12. The molecule has 19 heavy (non-hydrogen) atoms. The third kappa shape index (κ3) is 3.72. The fourth-order valence-corrected chi connectivity index (χ4v) is 2.52. The lowest BCUT2D eigenvalue weighted by molar-refractivity contribution is 0.0744. The summed E-state index contributed by atoms with van der Waals surface area (Å²) in [5, 5.41) is 10.0. The molecule has 1 aliphatic rings. The molecule has 0 aromatic carbocycles. The molecule has 1 saturated heterocycles. The number of hydrogen-bond donors (Lipinski definition) is 1. The lowest BCUT2D eigenvalue weighted by Gasteiger charge is -2.27. The lowest BCUT2D eigenvalue weighted by atomic mass is 10.1. The summed E-state index contributed by atoms with van der Waals surface area (Å²) in [6, 6.07) is 3.26. The molecule has 0 bridgehead atoms. The van der Waals surface area contributed by atoms with E-state index in [1.54, 1.807) is 0 Å². The van der Waals surface area contributed by atoms with Crippen LogP contribution < -0.4 is 0 Å². The van der Waals surface area contributed by atoms with Crippen molar-refractivity contribution in [3.63, 3.8) is 0 Å². The molecular formula is C14H21FN2O2. The van der Waals surface area contributed by atoms with Crippen LogP contribution in [0.25, 0.3) is 0 Å². The molecule has 2 heterocycles. The van der Waals surface area contributed by atoms with Gasteiger partial charge in [0.15, 0.2) is 0 Å². The highest BCUT2D eigenvalue weighted by Gasteiger charge is 2.27. The van der Waals surface area contributed by atoms with Gasteiger partial charge in [-0.1, -0.05) is 0 Å². The van der Waals surface area contributed by atoms with Crippen LogP contribution in [0, 0.1) is 5.82 Å². The van der Waals surface area contributed by atoms with E-state index in [4.69, 9.17) is 4.74 Å². The maximum Gasteiger partial charge on any atom is 0.141 e. The summed E-state index contributed by atoms with van der Waals surface area (Å²) in [6.45, 7) is 3.64. The van der Waals surface area contributed by atoms with Gasteiger partial charge in [-0.3, -0.25) is 4.98 Å². The van der Waals surface area contributed by atoms with Gasteiger partial charge in [0.2, 0.25) is 0 Å². The van der Waals surface area contributed by atoms with E-state index >= 15 is 0 Å². The maximum absolute atomic E-state index is 12.7. The first-order valence-electron chi connectivity index (χ1n) is 6.69. The number of likely N-dealkylation sites (N-methyl/N-ethyl adjacent to an activating group) is 1. The molecular weight excluding hydrogens is 247 g/mol. The number of hydrogen-bond acceptors (Lipinski definition) is 4. The summed E-state index contributed by atoms with van der Waals surface area (Å²) in [6.07, 6.45) is 2.34. The first-order valence-corrected chi connectivity index (χ1v) is 6.69. The van der Waals surface area contributed by atoms with Gasteiger partial charge < -0.3 is 14.7 Å². The molecule has 0 spiro atoms. The summed E-state index contributed by atoms with van der Waals surface area (Å²) in [4.78, 5) is 6.11. The number of pyridine rings is 1. The Morgan fingerprint density at radius 3 is 2.95 bits per heavy atom. The van der Waals surface area contributed by atoms with Crippen LogP contribution in [0.15, 0.2) is 18.3 Å². The average Bonchev–Trinajstić information content (AvgIpc) is 2.83.